The summed E-state index contributed by atoms with van der Waals surface area (Å²) in [5.74, 6) is 0.622. The smallest absolute Gasteiger partial charge is 0.234 e. The van der Waals surface area contributed by atoms with Crippen LogP contribution in [0.15, 0.2) is 30.3 Å². The van der Waals surface area contributed by atoms with Crippen molar-refractivity contribution in [1.29, 1.82) is 0 Å². The molecular formula is C18H27N3O2. The van der Waals surface area contributed by atoms with Crippen LogP contribution in [0, 0.1) is 5.92 Å². The zero-order valence-electron chi connectivity index (χ0n) is 13.7. The van der Waals surface area contributed by atoms with Gasteiger partial charge in [-0.05, 0) is 24.3 Å². The molecule has 1 atom stereocenters. The summed E-state index contributed by atoms with van der Waals surface area (Å²) < 4.78 is 0. The Kier molecular flexibility index (Phi) is 5.65. The van der Waals surface area contributed by atoms with Crippen molar-refractivity contribution < 1.29 is 9.90 Å². The minimum Gasteiger partial charge on any atom is -0.392 e. The van der Waals surface area contributed by atoms with Gasteiger partial charge in [-0.3, -0.25) is 14.6 Å². The van der Waals surface area contributed by atoms with Crippen molar-refractivity contribution in [2.24, 2.45) is 5.92 Å². The molecule has 0 radical (unpaired) electrons. The van der Waals surface area contributed by atoms with E-state index in [0.29, 0.717) is 19.0 Å². The number of benzene rings is 1. The molecule has 0 spiro atoms. The zero-order chi connectivity index (χ0) is 16.1. The Labute approximate surface area is 138 Å². The van der Waals surface area contributed by atoms with Crippen LogP contribution in [0.4, 0.5) is 0 Å². The average molecular weight is 317 g/mol. The quantitative estimate of drug-likeness (QED) is 0.777. The van der Waals surface area contributed by atoms with Crippen LogP contribution in [0.1, 0.15) is 18.4 Å². The lowest BCUT2D eigenvalue weighted by Crippen LogP contribution is -2.51. The predicted octanol–water partition coefficient (Wildman–Crippen LogP) is 0.691. The topological polar surface area (TPSA) is 55.8 Å². The van der Waals surface area contributed by atoms with Crippen molar-refractivity contribution in [2.45, 2.75) is 25.5 Å². The van der Waals surface area contributed by atoms with E-state index in [4.69, 9.17) is 0 Å². The fourth-order valence-corrected chi connectivity index (χ4v) is 3.08. The first kappa shape index (κ1) is 16.4. The number of amides is 1. The highest BCUT2D eigenvalue weighted by atomic mass is 16.3. The Bertz CT molecular complexity index is 496. The predicted molar refractivity (Wildman–Crippen MR) is 89.9 cm³/mol. The third kappa shape index (κ3) is 5.30. The van der Waals surface area contributed by atoms with Crippen molar-refractivity contribution in [2.75, 3.05) is 39.3 Å². The van der Waals surface area contributed by atoms with Crippen LogP contribution in [0.3, 0.4) is 0 Å². The van der Waals surface area contributed by atoms with Crippen LogP contribution < -0.4 is 5.32 Å². The molecule has 1 heterocycles. The van der Waals surface area contributed by atoms with Gasteiger partial charge < -0.3 is 10.4 Å². The molecule has 2 aliphatic rings. The van der Waals surface area contributed by atoms with Gasteiger partial charge in [-0.25, -0.2) is 0 Å². The van der Waals surface area contributed by atoms with E-state index in [1.54, 1.807) is 0 Å². The summed E-state index contributed by atoms with van der Waals surface area (Å²) >= 11 is 0. The third-order valence-electron chi connectivity index (χ3n) is 4.78. The molecule has 23 heavy (non-hydrogen) atoms. The monoisotopic (exact) mass is 317 g/mol. The minimum atomic E-state index is -0.157. The molecule has 2 fully saturated rings. The molecule has 1 aromatic carbocycles. The van der Waals surface area contributed by atoms with Gasteiger partial charge in [0.25, 0.3) is 0 Å². The molecule has 0 aromatic heterocycles. The second-order valence-corrected chi connectivity index (χ2v) is 6.74. The summed E-state index contributed by atoms with van der Waals surface area (Å²) in [5.41, 5.74) is 1.12. The van der Waals surface area contributed by atoms with E-state index in [0.717, 1.165) is 38.3 Å². The number of β-amino-alcohol motifs (C(OH)–C–C–N with tert-alkyl or cyclic N) is 1. The van der Waals surface area contributed by atoms with E-state index in [-0.39, 0.29) is 12.0 Å². The fraction of sp³-hybridized carbons (Fsp3) is 0.611. The van der Waals surface area contributed by atoms with Crippen molar-refractivity contribution >= 4 is 5.91 Å². The molecule has 3 rings (SSSR count). The Morgan fingerprint density at radius 1 is 1.13 bits per heavy atom. The summed E-state index contributed by atoms with van der Waals surface area (Å²) in [7, 11) is 0. The molecule has 126 valence electrons. The maximum absolute atomic E-state index is 12.0. The number of nitrogens with one attached hydrogen (secondary N) is 1. The van der Waals surface area contributed by atoms with E-state index < -0.39 is 0 Å². The average Bonchev–Trinajstić information content (AvgIpc) is 3.41. The van der Waals surface area contributed by atoms with Crippen molar-refractivity contribution in [3.05, 3.63) is 35.9 Å². The highest BCUT2D eigenvalue weighted by Crippen LogP contribution is 2.32. The van der Waals surface area contributed by atoms with Crippen LogP contribution in [0.25, 0.3) is 0 Å². The number of nitrogens with zero attached hydrogens (tertiary/aromatic N) is 2. The summed E-state index contributed by atoms with van der Waals surface area (Å²) in [6.07, 6.45) is 2.21. The summed E-state index contributed by atoms with van der Waals surface area (Å²) in [6, 6.07) is 9.98. The fourth-order valence-electron chi connectivity index (χ4n) is 3.08. The Morgan fingerprint density at radius 3 is 2.43 bits per heavy atom. The molecular weight excluding hydrogens is 290 g/mol. The second kappa shape index (κ2) is 7.90. The SMILES string of the molecule is O=C(CN1CCN(C[C@@H](O)C2CC2)CC1)NCc1ccccc1. The van der Waals surface area contributed by atoms with Gasteiger partial charge in [0.2, 0.25) is 5.91 Å². The van der Waals surface area contributed by atoms with Crippen LogP contribution in [0.2, 0.25) is 0 Å². The highest BCUT2D eigenvalue weighted by molar-refractivity contribution is 5.78. The van der Waals surface area contributed by atoms with Gasteiger partial charge in [0.05, 0.1) is 12.6 Å². The van der Waals surface area contributed by atoms with E-state index in [9.17, 15) is 9.90 Å². The second-order valence-electron chi connectivity index (χ2n) is 6.74. The van der Waals surface area contributed by atoms with E-state index in [1.165, 1.54) is 12.8 Å². The number of carbonyl (C=O) groups excluding carboxylic acids is 1. The summed E-state index contributed by atoms with van der Waals surface area (Å²) in [5, 5.41) is 13.0. The Balaban J connectivity index is 1.32. The molecule has 2 N–H and O–H groups in total. The molecule has 1 saturated heterocycles. The largest absolute Gasteiger partial charge is 0.392 e. The highest BCUT2D eigenvalue weighted by Gasteiger charge is 2.31. The lowest BCUT2D eigenvalue weighted by molar-refractivity contribution is -0.122. The number of carbonyl (C=O) groups is 1. The lowest BCUT2D eigenvalue weighted by atomic mass is 10.2. The zero-order valence-corrected chi connectivity index (χ0v) is 13.7. The molecule has 5 heteroatoms. The van der Waals surface area contributed by atoms with E-state index in [1.807, 2.05) is 30.3 Å². The molecule has 1 aromatic rings. The Morgan fingerprint density at radius 2 is 1.78 bits per heavy atom. The first-order chi connectivity index (χ1) is 11.2. The number of hydrogen-bond donors (Lipinski definition) is 2. The lowest BCUT2D eigenvalue weighted by Gasteiger charge is -2.35. The van der Waals surface area contributed by atoms with Crippen LogP contribution in [0.5, 0.6) is 0 Å². The third-order valence-corrected chi connectivity index (χ3v) is 4.78. The van der Waals surface area contributed by atoms with Gasteiger partial charge >= 0.3 is 0 Å². The summed E-state index contributed by atoms with van der Waals surface area (Å²) in [6.45, 7) is 5.52. The van der Waals surface area contributed by atoms with Crippen LogP contribution >= 0.6 is 0 Å². The normalized spacial score (nSPS) is 21.1. The number of aliphatic hydroxyl groups excluding tert-OH is 1. The standard InChI is InChI=1S/C18H27N3O2/c22-17(16-6-7-16)13-20-8-10-21(11-9-20)14-18(23)19-12-15-4-2-1-3-5-15/h1-5,16-17,22H,6-14H2,(H,19,23)/t17-/m1/s1. The molecule has 5 nitrogen and oxygen atoms in total. The number of rotatable bonds is 7. The van der Waals surface area contributed by atoms with Gasteiger partial charge in [-0.15, -0.1) is 0 Å². The van der Waals surface area contributed by atoms with E-state index in [2.05, 4.69) is 15.1 Å². The van der Waals surface area contributed by atoms with Crippen molar-refractivity contribution in [3.8, 4) is 0 Å². The molecule has 1 saturated carbocycles. The number of aliphatic hydroxyl groups is 1. The molecule has 0 bridgehead atoms. The maximum atomic E-state index is 12.0. The van der Waals surface area contributed by atoms with Gasteiger partial charge in [0, 0.05) is 39.3 Å². The molecule has 1 aliphatic heterocycles. The minimum absolute atomic E-state index is 0.0836. The molecule has 0 unspecified atom stereocenters. The van der Waals surface area contributed by atoms with Crippen molar-refractivity contribution in [3.63, 3.8) is 0 Å². The molecule has 1 amide bonds. The van der Waals surface area contributed by atoms with E-state index >= 15 is 0 Å². The maximum Gasteiger partial charge on any atom is 0.234 e. The van der Waals surface area contributed by atoms with Crippen LogP contribution in [-0.4, -0.2) is 66.2 Å². The number of piperazine rings is 1. The molecule has 1 aliphatic carbocycles. The Hall–Kier alpha value is -1.43. The van der Waals surface area contributed by atoms with Crippen LogP contribution in [-0.2, 0) is 11.3 Å². The first-order valence-electron chi connectivity index (χ1n) is 8.64. The van der Waals surface area contributed by atoms with Gasteiger partial charge in [0.15, 0.2) is 0 Å². The summed E-state index contributed by atoms with van der Waals surface area (Å²) in [4.78, 5) is 16.6. The van der Waals surface area contributed by atoms with Gasteiger partial charge in [-0.2, -0.15) is 0 Å². The van der Waals surface area contributed by atoms with Gasteiger partial charge in [-0.1, -0.05) is 30.3 Å². The van der Waals surface area contributed by atoms with Crippen molar-refractivity contribution in [1.82, 2.24) is 15.1 Å². The number of hydrogen-bond acceptors (Lipinski definition) is 4. The van der Waals surface area contributed by atoms with Gasteiger partial charge in [0.1, 0.15) is 0 Å². The first-order valence-corrected chi connectivity index (χ1v) is 8.64.